The van der Waals surface area contributed by atoms with Gasteiger partial charge in [0.1, 0.15) is 54.6 Å². The topological polar surface area (TPSA) is 292 Å². The highest BCUT2D eigenvalue weighted by Gasteiger charge is 2.50. The molecule has 4 heterocycles. The number of anilines is 1. The number of rotatable bonds is 10. The van der Waals surface area contributed by atoms with Crippen molar-refractivity contribution in [3.05, 3.63) is 12.7 Å². The van der Waals surface area contributed by atoms with Gasteiger partial charge >= 0.3 is 14.6 Å². The maximum absolute atomic E-state index is 12.7. The summed E-state index contributed by atoms with van der Waals surface area (Å²) in [4.78, 5) is 22.1. The third kappa shape index (κ3) is 6.75. The standard InChI is InChI=1S/C19H27N5O14P2S/c1-2-7-11(27)9(35-18(7)24-6-23-10-16(20)21-5-22-17(10)24)4-34-40(33,41)38-39(31,32)37-19-14(30)12(28)13(29)15(36-19)8(26)3-25/h1,5-9,11-15,18-19,25-30H,3-4H2,(H,31,32)(H,33,41)(H2,20,21,22)/t7-,8-,9+,11-,12?,13?,14?,15?,18+,19?,40?/m0/s1. The third-order valence-electron chi connectivity index (χ3n) is 6.24. The van der Waals surface area contributed by atoms with Gasteiger partial charge in [-0.05, 0) is 0 Å². The van der Waals surface area contributed by atoms with E-state index in [1.807, 2.05) is 0 Å². The molecule has 0 radical (unpaired) electrons. The summed E-state index contributed by atoms with van der Waals surface area (Å²) < 4.78 is 51.6. The molecule has 22 heteroatoms. The monoisotopic (exact) mass is 643 g/mol. The van der Waals surface area contributed by atoms with Gasteiger partial charge in [0.15, 0.2) is 24.0 Å². The van der Waals surface area contributed by atoms with Crippen LogP contribution in [0, 0.1) is 18.3 Å². The molecule has 19 nitrogen and oxygen atoms in total. The van der Waals surface area contributed by atoms with Crippen molar-refractivity contribution in [2.45, 2.75) is 55.2 Å². The van der Waals surface area contributed by atoms with E-state index in [4.69, 9.17) is 31.3 Å². The normalized spacial score (nSPS) is 35.9. The molecule has 7 unspecified atom stereocenters. The molecule has 12 atom stereocenters. The van der Waals surface area contributed by atoms with Crippen LogP contribution in [-0.2, 0) is 32.0 Å². The Balaban J connectivity index is 1.41. The molecule has 0 saturated carbocycles. The lowest BCUT2D eigenvalue weighted by Crippen LogP contribution is -2.61. The number of nitrogen functional groups attached to an aromatic ring is 1. The SMILES string of the molecule is C#C[C@H]1[C@H](O)[C@@H](COP(=O)(S)OP(=O)(O)OC2OC([C@@H](O)CO)C(O)C(O)C2O)O[C@H]1n1cnc2c(N)ncnc21. The van der Waals surface area contributed by atoms with Crippen LogP contribution in [0.1, 0.15) is 6.23 Å². The van der Waals surface area contributed by atoms with Crippen LogP contribution in [0.25, 0.3) is 11.2 Å². The van der Waals surface area contributed by atoms with Crippen LogP contribution in [0.2, 0.25) is 0 Å². The van der Waals surface area contributed by atoms with Crippen molar-refractivity contribution in [3.63, 3.8) is 0 Å². The van der Waals surface area contributed by atoms with Gasteiger partial charge in [-0.15, -0.1) is 6.42 Å². The number of imidazole rings is 1. The summed E-state index contributed by atoms with van der Waals surface area (Å²) in [5.74, 6) is 1.48. The zero-order valence-corrected chi connectivity index (χ0v) is 23.3. The van der Waals surface area contributed by atoms with Gasteiger partial charge in [0.25, 0.3) is 0 Å². The van der Waals surface area contributed by atoms with Crippen LogP contribution >= 0.6 is 26.9 Å². The third-order valence-corrected chi connectivity index (χ3v) is 9.85. The highest BCUT2D eigenvalue weighted by atomic mass is 32.7. The predicted octanol–water partition coefficient (Wildman–Crippen LogP) is -2.73. The highest BCUT2D eigenvalue weighted by molar-refractivity contribution is 8.45. The summed E-state index contributed by atoms with van der Waals surface area (Å²) in [6.07, 6.45) is -7.47. The average molecular weight is 643 g/mol. The summed E-state index contributed by atoms with van der Waals surface area (Å²) in [6, 6.07) is 0. The van der Waals surface area contributed by atoms with Crippen molar-refractivity contribution in [1.82, 2.24) is 19.5 Å². The number of aliphatic hydroxyl groups is 6. The van der Waals surface area contributed by atoms with Crippen LogP contribution in [0.3, 0.4) is 0 Å². The minimum absolute atomic E-state index is 0.0881. The number of hydrogen-bond acceptors (Lipinski definition) is 17. The van der Waals surface area contributed by atoms with E-state index in [1.165, 1.54) is 17.2 Å². The van der Waals surface area contributed by atoms with Crippen LogP contribution < -0.4 is 5.73 Å². The maximum Gasteiger partial charge on any atom is 0.482 e. The first-order chi connectivity index (χ1) is 19.2. The van der Waals surface area contributed by atoms with Gasteiger partial charge in [-0.3, -0.25) is 13.6 Å². The minimum Gasteiger partial charge on any atom is -0.394 e. The first-order valence-electron chi connectivity index (χ1n) is 11.6. The minimum atomic E-state index is -5.47. The molecular weight excluding hydrogens is 616 g/mol. The van der Waals surface area contributed by atoms with E-state index in [1.54, 1.807) is 0 Å². The Kier molecular flexibility index (Phi) is 9.77. The Morgan fingerprint density at radius 2 is 1.85 bits per heavy atom. The van der Waals surface area contributed by atoms with Crippen molar-refractivity contribution in [1.29, 1.82) is 0 Å². The van der Waals surface area contributed by atoms with Gasteiger partial charge < -0.3 is 50.7 Å². The Bertz CT molecular complexity index is 1380. The van der Waals surface area contributed by atoms with E-state index < -0.39 is 89.0 Å². The molecule has 2 fully saturated rings. The lowest BCUT2D eigenvalue weighted by molar-refractivity contribution is -0.292. The zero-order valence-electron chi connectivity index (χ0n) is 20.6. The van der Waals surface area contributed by atoms with Gasteiger partial charge in [-0.25, -0.2) is 24.1 Å². The average Bonchev–Trinajstić information content (AvgIpc) is 3.47. The van der Waals surface area contributed by atoms with Crippen LogP contribution in [0.4, 0.5) is 5.82 Å². The van der Waals surface area contributed by atoms with Gasteiger partial charge in [0.05, 0.1) is 25.5 Å². The molecule has 4 rings (SSSR count). The lowest BCUT2D eigenvalue weighted by atomic mass is 9.96. The number of phosphoric acid groups is 1. The number of nitrogens with zero attached hydrogens (tertiary/aromatic N) is 4. The van der Waals surface area contributed by atoms with Gasteiger partial charge in [-0.1, -0.05) is 18.2 Å². The van der Waals surface area contributed by atoms with Gasteiger partial charge in [-0.2, -0.15) is 4.31 Å². The van der Waals surface area contributed by atoms with E-state index in [9.17, 15) is 39.6 Å². The fourth-order valence-electron chi connectivity index (χ4n) is 4.21. The summed E-state index contributed by atoms with van der Waals surface area (Å²) in [5.41, 5.74) is 6.29. The molecule has 9 N–H and O–H groups in total. The molecule has 2 saturated heterocycles. The molecule has 2 aliphatic rings. The second kappa shape index (κ2) is 12.5. The predicted molar refractivity (Wildman–Crippen MR) is 136 cm³/mol. The first kappa shape index (κ1) is 32.2. The van der Waals surface area contributed by atoms with Crippen LogP contribution in [0.15, 0.2) is 12.7 Å². The van der Waals surface area contributed by atoms with Crippen molar-refractivity contribution >= 4 is 43.9 Å². The number of phosphoric ester groups is 1. The van der Waals surface area contributed by atoms with E-state index in [0.717, 1.165) is 0 Å². The summed E-state index contributed by atoms with van der Waals surface area (Å²) >= 11 is 3.62. The van der Waals surface area contributed by atoms with Gasteiger partial charge in [0.2, 0.25) is 0 Å². The number of hydrogen-bond donors (Lipinski definition) is 9. The Morgan fingerprint density at radius 1 is 1.15 bits per heavy atom. The number of thiol groups is 1. The molecule has 2 aliphatic heterocycles. The van der Waals surface area contributed by atoms with E-state index in [0.29, 0.717) is 0 Å². The zero-order chi connectivity index (χ0) is 30.3. The van der Waals surface area contributed by atoms with Crippen molar-refractivity contribution in [2.24, 2.45) is 5.92 Å². The van der Waals surface area contributed by atoms with Crippen LogP contribution in [0.5, 0.6) is 0 Å². The Labute approximate surface area is 236 Å². The molecule has 0 bridgehead atoms. The molecular formula is C19H27N5O14P2S. The lowest BCUT2D eigenvalue weighted by Gasteiger charge is -2.41. The van der Waals surface area contributed by atoms with Crippen LogP contribution in [-0.4, -0.2) is 117 Å². The number of ether oxygens (including phenoxy) is 2. The maximum atomic E-state index is 12.7. The van der Waals surface area contributed by atoms with E-state index in [-0.39, 0.29) is 17.0 Å². The number of aliphatic hydroxyl groups excluding tert-OH is 6. The quantitative estimate of drug-likeness (QED) is 0.0721. The number of fused-ring (bicyclic) bond motifs is 1. The van der Waals surface area contributed by atoms with E-state index >= 15 is 0 Å². The molecule has 0 aromatic carbocycles. The van der Waals surface area contributed by atoms with Gasteiger partial charge in [0, 0.05) is 0 Å². The summed E-state index contributed by atoms with van der Waals surface area (Å²) in [5, 5.41) is 59.5. The smallest absolute Gasteiger partial charge is 0.394 e. The molecule has 41 heavy (non-hydrogen) atoms. The molecule has 0 spiro atoms. The van der Waals surface area contributed by atoms with E-state index in [2.05, 4.69) is 42.0 Å². The summed E-state index contributed by atoms with van der Waals surface area (Å²) in [7, 11) is -5.47. The van der Waals surface area contributed by atoms with Crippen molar-refractivity contribution in [3.8, 4) is 12.3 Å². The van der Waals surface area contributed by atoms with Crippen molar-refractivity contribution in [2.75, 3.05) is 18.9 Å². The second-order valence-corrected chi connectivity index (χ2v) is 13.4. The fraction of sp³-hybridized carbons (Fsp3) is 0.632. The Morgan fingerprint density at radius 3 is 2.51 bits per heavy atom. The summed E-state index contributed by atoms with van der Waals surface area (Å²) in [6.45, 7) is -6.45. The molecule has 2 aromatic heterocycles. The molecule has 228 valence electrons. The molecule has 0 aliphatic carbocycles. The largest absolute Gasteiger partial charge is 0.482 e. The number of aromatic nitrogens is 4. The molecule has 0 amide bonds. The fourth-order valence-corrected chi connectivity index (χ4v) is 7.40. The molecule has 2 aromatic rings. The first-order valence-corrected chi connectivity index (χ1v) is 15.8. The number of terminal acetylenes is 1. The highest BCUT2D eigenvalue weighted by Crippen LogP contribution is 2.66. The number of nitrogens with two attached hydrogens (primary N) is 1. The van der Waals surface area contributed by atoms with Crippen molar-refractivity contribution < 1.29 is 67.5 Å². The Hall–Kier alpha value is -1.76. The second-order valence-electron chi connectivity index (χ2n) is 8.94.